The van der Waals surface area contributed by atoms with Gasteiger partial charge >= 0.3 is 0 Å². The van der Waals surface area contributed by atoms with Crippen molar-refractivity contribution in [2.24, 2.45) is 5.73 Å². The molecule has 2 rings (SSSR count). The fraction of sp³-hybridized carbons (Fsp3) is 0.167. The predicted octanol–water partition coefficient (Wildman–Crippen LogP) is 1.10. The van der Waals surface area contributed by atoms with Gasteiger partial charge in [-0.3, -0.25) is 0 Å². The number of nitrogens with one attached hydrogen (secondary N) is 1. The molecule has 0 saturated carbocycles. The second-order valence-corrected chi connectivity index (χ2v) is 6.28. The zero-order valence-corrected chi connectivity index (χ0v) is 12.3. The summed E-state index contributed by atoms with van der Waals surface area (Å²) < 4.78 is 31.7. The summed E-state index contributed by atoms with van der Waals surface area (Å²) in [5, 5.41) is 0. The Kier molecular flexibility index (Phi) is 4.17. The molecule has 0 unspecified atom stereocenters. The van der Waals surface area contributed by atoms with Crippen molar-refractivity contribution in [3.8, 4) is 0 Å². The molecule has 1 heterocycles. The number of sulfonamides is 1. The van der Waals surface area contributed by atoms with E-state index in [4.69, 9.17) is 22.4 Å². The number of oxazole rings is 1. The van der Waals surface area contributed by atoms with Gasteiger partial charge in [-0.1, -0.05) is 24.4 Å². The SMILES string of the molecule is Cc1cnc(CNS(=O)(=O)c2ccc(C(N)=S)cc2)o1. The lowest BCUT2D eigenvalue weighted by molar-refractivity contribution is 0.463. The van der Waals surface area contributed by atoms with E-state index in [1.54, 1.807) is 19.1 Å². The Balaban J connectivity index is 2.11. The van der Waals surface area contributed by atoms with E-state index >= 15 is 0 Å². The van der Waals surface area contributed by atoms with Gasteiger partial charge in [0.25, 0.3) is 0 Å². The minimum atomic E-state index is -3.63. The molecule has 3 N–H and O–H groups in total. The maximum absolute atomic E-state index is 12.0. The Morgan fingerprint density at radius 3 is 2.55 bits per heavy atom. The average molecular weight is 311 g/mol. The maximum Gasteiger partial charge on any atom is 0.241 e. The molecule has 0 saturated heterocycles. The molecular weight excluding hydrogens is 298 g/mol. The Morgan fingerprint density at radius 2 is 2.05 bits per heavy atom. The van der Waals surface area contributed by atoms with E-state index in [2.05, 4.69) is 9.71 Å². The van der Waals surface area contributed by atoms with E-state index in [1.165, 1.54) is 18.3 Å². The van der Waals surface area contributed by atoms with Gasteiger partial charge in [-0.25, -0.2) is 18.1 Å². The average Bonchev–Trinajstić information content (AvgIpc) is 2.82. The van der Waals surface area contributed by atoms with Crippen LogP contribution in [0.4, 0.5) is 0 Å². The van der Waals surface area contributed by atoms with Crippen molar-refractivity contribution in [3.63, 3.8) is 0 Å². The van der Waals surface area contributed by atoms with Crippen molar-refractivity contribution in [3.05, 3.63) is 47.7 Å². The van der Waals surface area contributed by atoms with Gasteiger partial charge in [-0.15, -0.1) is 0 Å². The van der Waals surface area contributed by atoms with E-state index < -0.39 is 10.0 Å². The number of hydrogen-bond donors (Lipinski definition) is 2. The highest BCUT2D eigenvalue weighted by Crippen LogP contribution is 2.11. The monoisotopic (exact) mass is 311 g/mol. The van der Waals surface area contributed by atoms with Crippen LogP contribution in [-0.2, 0) is 16.6 Å². The molecule has 0 aliphatic rings. The number of aryl methyl sites for hydroxylation is 1. The van der Waals surface area contributed by atoms with Crippen LogP contribution in [0.2, 0.25) is 0 Å². The summed E-state index contributed by atoms with van der Waals surface area (Å²) in [4.78, 5) is 4.27. The van der Waals surface area contributed by atoms with Crippen molar-refractivity contribution in [2.45, 2.75) is 18.4 Å². The topological polar surface area (TPSA) is 98.2 Å². The van der Waals surface area contributed by atoms with Crippen molar-refractivity contribution < 1.29 is 12.8 Å². The highest BCUT2D eigenvalue weighted by molar-refractivity contribution is 7.89. The maximum atomic E-state index is 12.0. The highest BCUT2D eigenvalue weighted by atomic mass is 32.2. The molecule has 0 fully saturated rings. The zero-order valence-electron chi connectivity index (χ0n) is 10.7. The van der Waals surface area contributed by atoms with Gasteiger partial charge < -0.3 is 10.2 Å². The summed E-state index contributed by atoms with van der Waals surface area (Å²) in [5.74, 6) is 0.936. The van der Waals surface area contributed by atoms with Crippen molar-refractivity contribution in [1.29, 1.82) is 0 Å². The summed E-state index contributed by atoms with van der Waals surface area (Å²) in [7, 11) is -3.63. The fourth-order valence-corrected chi connectivity index (χ4v) is 2.63. The Hall–Kier alpha value is -1.77. The van der Waals surface area contributed by atoms with Gasteiger partial charge in [0, 0.05) is 5.56 Å². The molecule has 0 spiro atoms. The lowest BCUT2D eigenvalue weighted by Gasteiger charge is -2.05. The van der Waals surface area contributed by atoms with Crippen LogP contribution >= 0.6 is 12.2 Å². The quantitative estimate of drug-likeness (QED) is 0.802. The lowest BCUT2D eigenvalue weighted by Crippen LogP contribution is -2.23. The minimum absolute atomic E-state index is 0.00672. The van der Waals surface area contributed by atoms with E-state index in [-0.39, 0.29) is 16.4 Å². The van der Waals surface area contributed by atoms with Gasteiger partial charge in [-0.2, -0.15) is 0 Å². The fourth-order valence-electron chi connectivity index (χ4n) is 1.52. The summed E-state index contributed by atoms with van der Waals surface area (Å²) >= 11 is 4.81. The molecule has 0 aliphatic heterocycles. The van der Waals surface area contributed by atoms with Crippen molar-refractivity contribution in [1.82, 2.24) is 9.71 Å². The van der Waals surface area contributed by atoms with Crippen LogP contribution < -0.4 is 10.5 Å². The molecule has 1 aromatic heterocycles. The molecule has 0 amide bonds. The molecule has 6 nitrogen and oxygen atoms in total. The van der Waals surface area contributed by atoms with Gasteiger partial charge in [0.2, 0.25) is 15.9 Å². The third-order valence-electron chi connectivity index (χ3n) is 2.53. The number of nitrogens with two attached hydrogens (primary N) is 1. The third-order valence-corrected chi connectivity index (χ3v) is 4.18. The van der Waals surface area contributed by atoms with E-state index in [9.17, 15) is 8.42 Å². The first-order valence-electron chi connectivity index (χ1n) is 5.69. The normalized spacial score (nSPS) is 11.4. The molecule has 0 bridgehead atoms. The van der Waals surface area contributed by atoms with Crippen LogP contribution in [0.5, 0.6) is 0 Å². The first-order valence-corrected chi connectivity index (χ1v) is 7.58. The molecule has 0 atom stereocenters. The Morgan fingerprint density at radius 1 is 1.40 bits per heavy atom. The third kappa shape index (κ3) is 3.41. The molecule has 0 radical (unpaired) electrons. The molecule has 0 aliphatic carbocycles. The predicted molar refractivity (Wildman–Crippen MR) is 77.6 cm³/mol. The van der Waals surface area contributed by atoms with Crippen molar-refractivity contribution >= 4 is 27.2 Å². The number of benzene rings is 1. The first-order chi connectivity index (χ1) is 9.38. The van der Waals surface area contributed by atoms with Crippen molar-refractivity contribution in [2.75, 3.05) is 0 Å². The van der Waals surface area contributed by atoms with E-state index in [1.807, 2.05) is 0 Å². The Bertz CT molecular complexity index is 721. The molecule has 20 heavy (non-hydrogen) atoms. The molecule has 8 heteroatoms. The van der Waals surface area contributed by atoms with Crippen LogP contribution in [0.25, 0.3) is 0 Å². The lowest BCUT2D eigenvalue weighted by atomic mass is 10.2. The highest BCUT2D eigenvalue weighted by Gasteiger charge is 2.15. The second kappa shape index (κ2) is 5.70. The second-order valence-electron chi connectivity index (χ2n) is 4.08. The molecule has 106 valence electrons. The number of aromatic nitrogens is 1. The summed E-state index contributed by atoms with van der Waals surface area (Å²) in [6.07, 6.45) is 1.53. The standard InChI is InChI=1S/C12H13N3O3S2/c1-8-6-14-11(18-8)7-15-20(16,17)10-4-2-9(3-5-10)12(13)19/h2-6,15H,7H2,1H3,(H2,13,19). The largest absolute Gasteiger partial charge is 0.445 e. The van der Waals surface area contributed by atoms with Gasteiger partial charge in [0.1, 0.15) is 10.7 Å². The number of thiocarbonyl (C=S) groups is 1. The van der Waals surface area contributed by atoms with Crippen LogP contribution in [0.15, 0.2) is 39.8 Å². The minimum Gasteiger partial charge on any atom is -0.445 e. The number of hydrogen-bond acceptors (Lipinski definition) is 5. The van der Waals surface area contributed by atoms with Crippen LogP contribution in [0.3, 0.4) is 0 Å². The summed E-state index contributed by atoms with van der Waals surface area (Å²) in [6, 6.07) is 6.01. The molecular formula is C12H13N3O3S2. The van der Waals surface area contributed by atoms with E-state index in [0.717, 1.165) is 0 Å². The van der Waals surface area contributed by atoms with E-state index in [0.29, 0.717) is 17.2 Å². The van der Waals surface area contributed by atoms with Crippen LogP contribution in [0.1, 0.15) is 17.2 Å². The molecule has 2 aromatic rings. The van der Waals surface area contributed by atoms with Gasteiger partial charge in [-0.05, 0) is 19.1 Å². The zero-order chi connectivity index (χ0) is 14.8. The van der Waals surface area contributed by atoms with Crippen LogP contribution in [0, 0.1) is 6.92 Å². The Labute approximate surface area is 122 Å². The van der Waals surface area contributed by atoms with Crippen LogP contribution in [-0.4, -0.2) is 18.4 Å². The number of nitrogens with zero attached hydrogens (tertiary/aromatic N) is 1. The number of rotatable bonds is 5. The summed E-state index contributed by atoms with van der Waals surface area (Å²) in [6.45, 7) is 1.73. The molecule has 1 aromatic carbocycles. The summed E-state index contributed by atoms with van der Waals surface area (Å²) in [5.41, 5.74) is 6.07. The van der Waals surface area contributed by atoms with Gasteiger partial charge in [0.05, 0.1) is 17.6 Å². The first kappa shape index (κ1) is 14.6. The van der Waals surface area contributed by atoms with Gasteiger partial charge in [0.15, 0.2) is 0 Å². The smallest absolute Gasteiger partial charge is 0.241 e.